The van der Waals surface area contributed by atoms with Gasteiger partial charge in [-0.2, -0.15) is 0 Å². The molecule has 1 N–H and O–H groups in total. The molecule has 0 atom stereocenters. The number of rotatable bonds is 5. The molecule has 2 heterocycles. The van der Waals surface area contributed by atoms with Gasteiger partial charge < -0.3 is 14.4 Å². The number of carboxylic acids is 1. The molecule has 0 spiro atoms. The Morgan fingerprint density at radius 2 is 1.84 bits per heavy atom. The van der Waals surface area contributed by atoms with Gasteiger partial charge in [-0.3, -0.25) is 9.78 Å². The van der Waals surface area contributed by atoms with Crippen molar-refractivity contribution in [2.45, 2.75) is 45.8 Å². The minimum absolute atomic E-state index is 0.00315. The lowest BCUT2D eigenvalue weighted by Crippen LogP contribution is -2.41. The molecule has 0 unspecified atom stereocenters. The number of carboxylic acid groups (broad SMARTS) is 1. The average molecular weight is 363 g/mol. The average Bonchev–Trinajstić information content (AvgIpc) is 2.72. The summed E-state index contributed by atoms with van der Waals surface area (Å²) in [6, 6.07) is 3.11. The topological polar surface area (TPSA) is 85.7 Å². The number of hydrogen-bond donors (Lipinski definition) is 1. The fourth-order valence-corrected chi connectivity index (χ4v) is 2.75. The van der Waals surface area contributed by atoms with E-state index in [1.165, 1.54) is 19.2 Å². The molecule has 0 bridgehead atoms. The van der Waals surface area contributed by atoms with Gasteiger partial charge in [-0.1, -0.05) is 11.8 Å². The Bertz CT molecular complexity index is 683. The molecule has 6 nitrogen and oxygen atoms in total. The summed E-state index contributed by atoms with van der Waals surface area (Å²) in [5.74, 6) is -0.615. The van der Waals surface area contributed by atoms with Crippen molar-refractivity contribution in [1.82, 2.24) is 4.98 Å². The van der Waals surface area contributed by atoms with E-state index in [0.717, 1.165) is 17.2 Å². The van der Waals surface area contributed by atoms with Crippen molar-refractivity contribution < 1.29 is 24.0 Å². The van der Waals surface area contributed by atoms with Gasteiger partial charge in [-0.05, 0) is 51.4 Å². The molecule has 0 amide bonds. The molecule has 0 radical (unpaired) electrons. The smallest absolute Gasteiger partial charge is 0.478 e. The van der Waals surface area contributed by atoms with Crippen LogP contribution in [-0.2, 0) is 14.1 Å². The fourth-order valence-electron chi connectivity index (χ4n) is 2.16. The second-order valence-corrected chi connectivity index (χ2v) is 8.02. The van der Waals surface area contributed by atoms with Crippen LogP contribution in [0.4, 0.5) is 0 Å². The van der Waals surface area contributed by atoms with E-state index in [1.807, 2.05) is 27.7 Å². The van der Waals surface area contributed by atoms with Crippen LogP contribution >= 0.6 is 11.8 Å². The fraction of sp³-hybridized carbons (Fsp3) is 0.471. The number of carbonyl (C=O) groups is 2. The molecule has 2 rings (SSSR count). The zero-order valence-electron chi connectivity index (χ0n) is 15.0. The molecule has 1 aromatic heterocycles. The SMILES string of the molecule is CC(=O)SCC(=Cc1ccc(C(=O)O)cn1)B1OC(C)(C)C(C)(C)O1. The van der Waals surface area contributed by atoms with Gasteiger partial charge in [0, 0.05) is 18.9 Å². The largest absolute Gasteiger partial charge is 0.491 e. The first-order chi connectivity index (χ1) is 11.5. The first kappa shape index (κ1) is 19.7. The molecule has 0 saturated carbocycles. The summed E-state index contributed by atoms with van der Waals surface area (Å²) in [7, 11) is -0.585. The van der Waals surface area contributed by atoms with Crippen molar-refractivity contribution >= 4 is 36.0 Å². The molecular weight excluding hydrogens is 341 g/mol. The van der Waals surface area contributed by atoms with Crippen LogP contribution in [0.25, 0.3) is 6.08 Å². The maximum Gasteiger partial charge on any atom is 0.491 e. The van der Waals surface area contributed by atoms with E-state index in [0.29, 0.717) is 11.4 Å². The minimum atomic E-state index is -1.03. The Morgan fingerprint density at radius 1 is 1.24 bits per heavy atom. The Hall–Kier alpha value is -1.64. The zero-order chi connectivity index (χ0) is 18.8. The lowest BCUT2D eigenvalue weighted by atomic mass is 9.78. The maximum atomic E-state index is 11.4. The van der Waals surface area contributed by atoms with Gasteiger partial charge in [-0.15, -0.1) is 0 Å². The predicted octanol–water partition coefficient (Wildman–Crippen LogP) is 3.07. The Balaban J connectivity index is 2.29. The van der Waals surface area contributed by atoms with E-state index in [2.05, 4.69) is 4.98 Å². The van der Waals surface area contributed by atoms with Gasteiger partial charge >= 0.3 is 13.1 Å². The van der Waals surface area contributed by atoms with Crippen LogP contribution in [-0.4, -0.2) is 45.2 Å². The Morgan fingerprint density at radius 3 is 2.28 bits per heavy atom. The van der Waals surface area contributed by atoms with Crippen LogP contribution in [0.1, 0.15) is 50.7 Å². The maximum absolute atomic E-state index is 11.4. The number of pyridine rings is 1. The number of thioether (sulfide) groups is 1. The zero-order valence-corrected chi connectivity index (χ0v) is 15.8. The molecule has 1 aromatic rings. The van der Waals surface area contributed by atoms with Crippen LogP contribution in [0.2, 0.25) is 0 Å². The third-order valence-corrected chi connectivity index (χ3v) is 5.25. The van der Waals surface area contributed by atoms with E-state index >= 15 is 0 Å². The molecule has 8 heteroatoms. The van der Waals surface area contributed by atoms with Crippen LogP contribution in [0, 0.1) is 0 Å². The van der Waals surface area contributed by atoms with Crippen molar-refractivity contribution in [2.24, 2.45) is 0 Å². The standard InChI is InChI=1S/C17H22BNO5S/c1-11(20)25-10-13(18-23-16(2,3)17(4,5)24-18)8-14-7-6-12(9-19-14)15(21)22/h6-9H,10H2,1-5H3,(H,21,22). The number of aromatic nitrogens is 1. The van der Waals surface area contributed by atoms with E-state index in [4.69, 9.17) is 14.4 Å². The van der Waals surface area contributed by atoms with Crippen LogP contribution < -0.4 is 0 Å². The highest BCUT2D eigenvalue weighted by Gasteiger charge is 2.52. The third kappa shape index (κ3) is 4.71. The van der Waals surface area contributed by atoms with E-state index in [1.54, 1.807) is 12.1 Å². The van der Waals surface area contributed by atoms with Crippen molar-refractivity contribution in [2.75, 3.05) is 5.75 Å². The second kappa shape index (κ2) is 7.31. The molecule has 134 valence electrons. The predicted molar refractivity (Wildman–Crippen MR) is 98.4 cm³/mol. The monoisotopic (exact) mass is 363 g/mol. The van der Waals surface area contributed by atoms with Gasteiger partial charge in [0.1, 0.15) is 0 Å². The molecule has 0 aliphatic carbocycles. The quantitative estimate of drug-likeness (QED) is 0.805. The molecule has 1 aliphatic heterocycles. The van der Waals surface area contributed by atoms with Gasteiger partial charge in [0.25, 0.3) is 0 Å². The van der Waals surface area contributed by atoms with Gasteiger partial charge in [-0.25, -0.2) is 4.79 Å². The summed E-state index contributed by atoms with van der Waals surface area (Å²) in [4.78, 5) is 26.4. The van der Waals surface area contributed by atoms with Crippen molar-refractivity contribution in [3.05, 3.63) is 35.1 Å². The lowest BCUT2D eigenvalue weighted by Gasteiger charge is -2.32. The molecule has 1 fully saturated rings. The van der Waals surface area contributed by atoms with Gasteiger partial charge in [0.2, 0.25) is 0 Å². The normalized spacial score (nSPS) is 19.1. The summed E-state index contributed by atoms with van der Waals surface area (Å²) in [6.45, 7) is 9.35. The van der Waals surface area contributed by atoms with Crippen LogP contribution in [0.5, 0.6) is 0 Å². The highest BCUT2D eigenvalue weighted by atomic mass is 32.2. The van der Waals surface area contributed by atoms with Gasteiger partial charge in [0.15, 0.2) is 5.12 Å². The summed E-state index contributed by atoms with van der Waals surface area (Å²) >= 11 is 1.16. The highest BCUT2D eigenvalue weighted by Crippen LogP contribution is 2.39. The van der Waals surface area contributed by atoms with E-state index in [9.17, 15) is 9.59 Å². The van der Waals surface area contributed by atoms with Gasteiger partial charge in [0.05, 0.1) is 22.5 Å². The number of carbonyl (C=O) groups excluding carboxylic acids is 1. The van der Waals surface area contributed by atoms with E-state index < -0.39 is 24.3 Å². The Kier molecular flexibility index (Phi) is 5.76. The van der Waals surface area contributed by atoms with E-state index in [-0.39, 0.29) is 10.7 Å². The summed E-state index contributed by atoms with van der Waals surface area (Å²) < 4.78 is 12.1. The minimum Gasteiger partial charge on any atom is -0.478 e. The summed E-state index contributed by atoms with van der Waals surface area (Å²) in [6.07, 6.45) is 3.08. The molecule has 1 aliphatic rings. The second-order valence-electron chi connectivity index (χ2n) is 6.86. The lowest BCUT2D eigenvalue weighted by molar-refractivity contribution is -0.109. The molecule has 0 aromatic carbocycles. The summed E-state index contributed by atoms with van der Waals surface area (Å²) in [5, 5.41) is 8.95. The van der Waals surface area contributed by atoms with Crippen LogP contribution in [0.3, 0.4) is 0 Å². The third-order valence-electron chi connectivity index (χ3n) is 4.36. The summed E-state index contributed by atoms with van der Waals surface area (Å²) in [5.41, 5.74) is 0.497. The first-order valence-electron chi connectivity index (χ1n) is 7.91. The number of hydrogen-bond acceptors (Lipinski definition) is 6. The molecule has 1 saturated heterocycles. The number of aromatic carboxylic acids is 1. The van der Waals surface area contributed by atoms with Crippen molar-refractivity contribution in [3.63, 3.8) is 0 Å². The van der Waals surface area contributed by atoms with Crippen molar-refractivity contribution in [1.29, 1.82) is 0 Å². The van der Waals surface area contributed by atoms with Crippen molar-refractivity contribution in [3.8, 4) is 0 Å². The highest BCUT2D eigenvalue weighted by molar-refractivity contribution is 8.13. The Labute approximate surface area is 152 Å². The van der Waals surface area contributed by atoms with Crippen LogP contribution in [0.15, 0.2) is 23.8 Å². The first-order valence-corrected chi connectivity index (χ1v) is 8.89. The molecule has 25 heavy (non-hydrogen) atoms. The number of nitrogens with zero attached hydrogens (tertiary/aromatic N) is 1. The molecular formula is C17H22BNO5S.